The van der Waals surface area contributed by atoms with E-state index in [0.717, 1.165) is 0 Å². The number of nitrogens with one attached hydrogen (secondary N) is 1. The van der Waals surface area contributed by atoms with E-state index in [2.05, 4.69) is 5.32 Å². The molecule has 0 aromatic carbocycles. The minimum atomic E-state index is -3.45. The quantitative estimate of drug-likeness (QED) is 0.621. The number of amides is 1. The Balaban J connectivity index is 2.91. The van der Waals surface area contributed by atoms with Crippen molar-refractivity contribution in [3.05, 3.63) is 0 Å². The third-order valence-electron chi connectivity index (χ3n) is 2.61. The summed E-state index contributed by atoms with van der Waals surface area (Å²) in [5.41, 5.74) is 5.34. The summed E-state index contributed by atoms with van der Waals surface area (Å²) in [5.74, 6) is -0.256. The molecule has 0 aromatic rings. The van der Waals surface area contributed by atoms with E-state index in [1.807, 2.05) is 0 Å². The third kappa shape index (κ3) is 2.30. The predicted octanol–water partition coefficient (Wildman–Crippen LogP) is -1.52. The summed E-state index contributed by atoms with van der Waals surface area (Å²) in [6.45, 7) is 3.87. The molecule has 1 aliphatic heterocycles. The highest BCUT2D eigenvalue weighted by molar-refractivity contribution is 7.89. The molecule has 1 aliphatic rings. The first-order chi connectivity index (χ1) is 6.91. The lowest BCUT2D eigenvalue weighted by Crippen LogP contribution is -2.57. The summed E-state index contributed by atoms with van der Waals surface area (Å²) in [6, 6.07) is -0.641. The number of hydrogen-bond acceptors (Lipinski definition) is 4. The Hall–Kier alpha value is -0.660. The van der Waals surface area contributed by atoms with E-state index < -0.39 is 21.3 Å². The molecule has 0 aliphatic carbocycles. The molecule has 0 aromatic heterocycles. The topological polar surface area (TPSA) is 92.5 Å². The molecule has 88 valence electrons. The summed E-state index contributed by atoms with van der Waals surface area (Å²) in [5, 5.41) is 1.97. The number of carbonyl (C=O) groups excluding carboxylic acids is 1. The lowest BCUT2D eigenvalue weighted by Gasteiger charge is -2.33. The first-order valence-corrected chi connectivity index (χ1v) is 6.40. The molecule has 15 heavy (non-hydrogen) atoms. The molecule has 1 heterocycles. The Morgan fingerprint density at radius 1 is 1.67 bits per heavy atom. The highest BCUT2D eigenvalue weighted by Gasteiger charge is 2.36. The van der Waals surface area contributed by atoms with Gasteiger partial charge in [0.25, 0.3) is 0 Å². The van der Waals surface area contributed by atoms with Gasteiger partial charge in [0.1, 0.15) is 6.04 Å². The van der Waals surface area contributed by atoms with Crippen molar-refractivity contribution in [1.29, 1.82) is 0 Å². The minimum absolute atomic E-state index is 0.0627. The van der Waals surface area contributed by atoms with Crippen molar-refractivity contribution in [3.63, 3.8) is 0 Å². The molecule has 0 spiro atoms. The van der Waals surface area contributed by atoms with Gasteiger partial charge in [0.15, 0.2) is 0 Å². The van der Waals surface area contributed by atoms with Gasteiger partial charge in [-0.25, -0.2) is 8.42 Å². The highest BCUT2D eigenvalue weighted by Crippen LogP contribution is 2.14. The van der Waals surface area contributed by atoms with Gasteiger partial charge in [-0.1, -0.05) is 0 Å². The number of rotatable bonds is 3. The molecule has 1 amide bonds. The molecule has 1 saturated heterocycles. The van der Waals surface area contributed by atoms with E-state index in [-0.39, 0.29) is 12.5 Å². The lowest BCUT2D eigenvalue weighted by molar-refractivity contribution is -0.126. The van der Waals surface area contributed by atoms with Crippen molar-refractivity contribution in [1.82, 2.24) is 9.62 Å². The van der Waals surface area contributed by atoms with E-state index >= 15 is 0 Å². The fourth-order valence-electron chi connectivity index (χ4n) is 1.46. The van der Waals surface area contributed by atoms with Crippen LogP contribution in [0.2, 0.25) is 0 Å². The fraction of sp³-hybridized carbons (Fsp3) is 0.875. The van der Waals surface area contributed by atoms with Gasteiger partial charge < -0.3 is 11.1 Å². The van der Waals surface area contributed by atoms with E-state index in [4.69, 9.17) is 5.73 Å². The summed E-state index contributed by atoms with van der Waals surface area (Å²) < 4.78 is 25.1. The summed E-state index contributed by atoms with van der Waals surface area (Å²) in [7, 11) is -3.45. The molecule has 2 unspecified atom stereocenters. The van der Waals surface area contributed by atoms with Crippen molar-refractivity contribution >= 4 is 15.9 Å². The second kappa shape index (κ2) is 4.46. The molecule has 0 saturated carbocycles. The molecule has 3 N–H and O–H groups in total. The first kappa shape index (κ1) is 12.4. The summed E-state index contributed by atoms with van der Waals surface area (Å²) in [4.78, 5) is 11.3. The van der Waals surface area contributed by atoms with Crippen LogP contribution in [-0.4, -0.2) is 49.6 Å². The average Bonchev–Trinajstić information content (AvgIpc) is 2.20. The predicted molar refractivity (Wildman–Crippen MR) is 56.6 cm³/mol. The number of piperazine rings is 1. The maximum Gasteiger partial charge on any atom is 0.238 e. The van der Waals surface area contributed by atoms with Gasteiger partial charge in [-0.15, -0.1) is 0 Å². The van der Waals surface area contributed by atoms with Crippen LogP contribution in [0.4, 0.5) is 0 Å². The van der Waals surface area contributed by atoms with Crippen LogP contribution < -0.4 is 11.1 Å². The maximum absolute atomic E-state index is 11.9. The third-order valence-corrected chi connectivity index (χ3v) is 4.97. The van der Waals surface area contributed by atoms with Crippen LogP contribution in [0.1, 0.15) is 13.8 Å². The van der Waals surface area contributed by atoms with E-state index in [9.17, 15) is 13.2 Å². The second-order valence-corrected chi connectivity index (χ2v) is 5.97. The van der Waals surface area contributed by atoms with Crippen LogP contribution in [-0.2, 0) is 14.8 Å². The number of sulfonamides is 1. The minimum Gasteiger partial charge on any atom is -0.353 e. The van der Waals surface area contributed by atoms with Crippen molar-refractivity contribution in [3.8, 4) is 0 Å². The van der Waals surface area contributed by atoms with Gasteiger partial charge in [-0.3, -0.25) is 4.79 Å². The molecular weight excluding hydrogens is 218 g/mol. The van der Waals surface area contributed by atoms with E-state index in [0.29, 0.717) is 13.1 Å². The van der Waals surface area contributed by atoms with Crippen LogP contribution in [0.5, 0.6) is 0 Å². The van der Waals surface area contributed by atoms with E-state index in [1.165, 1.54) is 4.31 Å². The Kier molecular flexibility index (Phi) is 3.69. The number of nitrogens with zero attached hydrogens (tertiary/aromatic N) is 1. The van der Waals surface area contributed by atoms with Crippen molar-refractivity contribution in [2.24, 2.45) is 5.73 Å². The smallest absolute Gasteiger partial charge is 0.238 e. The van der Waals surface area contributed by atoms with Gasteiger partial charge in [0, 0.05) is 19.6 Å². The normalized spacial score (nSPS) is 26.1. The molecule has 0 radical (unpaired) electrons. The van der Waals surface area contributed by atoms with Crippen molar-refractivity contribution in [2.45, 2.75) is 25.1 Å². The van der Waals surface area contributed by atoms with Crippen molar-refractivity contribution < 1.29 is 13.2 Å². The number of hydrogen-bond donors (Lipinski definition) is 2. The first-order valence-electron chi connectivity index (χ1n) is 4.89. The Bertz CT molecular complexity index is 341. The zero-order chi connectivity index (χ0) is 11.6. The van der Waals surface area contributed by atoms with E-state index in [1.54, 1.807) is 13.8 Å². The number of nitrogens with two attached hydrogens (primary N) is 1. The maximum atomic E-state index is 11.9. The van der Waals surface area contributed by atoms with Crippen LogP contribution in [0.25, 0.3) is 0 Å². The lowest BCUT2D eigenvalue weighted by atomic mass is 10.2. The van der Waals surface area contributed by atoms with Crippen LogP contribution in [0.15, 0.2) is 0 Å². The van der Waals surface area contributed by atoms with Gasteiger partial charge in [0.2, 0.25) is 15.9 Å². The fourth-order valence-corrected chi connectivity index (χ4v) is 3.05. The highest BCUT2D eigenvalue weighted by atomic mass is 32.2. The zero-order valence-corrected chi connectivity index (χ0v) is 9.75. The van der Waals surface area contributed by atoms with Gasteiger partial charge in [-0.05, 0) is 13.8 Å². The molecular formula is C8H17N3O3S. The SMILES string of the molecule is CC1C(=O)NCCN1S(=O)(=O)C(C)CN. The Labute approximate surface area is 89.9 Å². The largest absolute Gasteiger partial charge is 0.353 e. The van der Waals surface area contributed by atoms with Gasteiger partial charge in [0.05, 0.1) is 5.25 Å². The van der Waals surface area contributed by atoms with Crippen LogP contribution >= 0.6 is 0 Å². The van der Waals surface area contributed by atoms with Gasteiger partial charge >= 0.3 is 0 Å². The molecule has 6 nitrogen and oxygen atoms in total. The average molecular weight is 235 g/mol. The molecule has 0 bridgehead atoms. The molecule has 7 heteroatoms. The number of carbonyl (C=O) groups is 1. The van der Waals surface area contributed by atoms with Crippen LogP contribution in [0.3, 0.4) is 0 Å². The van der Waals surface area contributed by atoms with Gasteiger partial charge in [-0.2, -0.15) is 4.31 Å². The molecule has 1 rings (SSSR count). The van der Waals surface area contributed by atoms with Crippen molar-refractivity contribution in [2.75, 3.05) is 19.6 Å². The molecule has 2 atom stereocenters. The van der Waals surface area contributed by atoms with Crippen LogP contribution in [0, 0.1) is 0 Å². The zero-order valence-electron chi connectivity index (χ0n) is 8.93. The second-order valence-electron chi connectivity index (χ2n) is 3.67. The Morgan fingerprint density at radius 2 is 2.27 bits per heavy atom. The Morgan fingerprint density at radius 3 is 2.80 bits per heavy atom. The standard InChI is InChI=1S/C8H17N3O3S/c1-6(5-9)15(13,14)11-4-3-10-8(12)7(11)2/h6-7H,3-5,9H2,1-2H3,(H,10,12). The summed E-state index contributed by atoms with van der Waals surface area (Å²) in [6.07, 6.45) is 0. The summed E-state index contributed by atoms with van der Waals surface area (Å²) >= 11 is 0. The monoisotopic (exact) mass is 235 g/mol. The molecule has 1 fully saturated rings.